The Morgan fingerprint density at radius 1 is 1.00 bits per heavy atom. The molecule has 0 radical (unpaired) electrons. The summed E-state index contributed by atoms with van der Waals surface area (Å²) in [6.07, 6.45) is 3.25. The van der Waals surface area contributed by atoms with Crippen LogP contribution in [0.3, 0.4) is 0 Å². The first-order valence-corrected chi connectivity index (χ1v) is 1.47. The molecule has 0 aliphatic heterocycles. The van der Waals surface area contributed by atoms with E-state index < -0.39 is 0 Å². The van der Waals surface area contributed by atoms with Gasteiger partial charge in [-0.05, 0) is 12.1 Å². The zero-order valence-corrected chi connectivity index (χ0v) is 4.44. The van der Waals surface area contributed by atoms with Gasteiger partial charge in [0, 0.05) is 0 Å². The Morgan fingerprint density at radius 3 is 1.57 bits per heavy atom. The van der Waals surface area contributed by atoms with Gasteiger partial charge in [-0.2, -0.15) is 0 Å². The molecule has 3 heteroatoms. The molecule has 1 heterocycles. The summed E-state index contributed by atoms with van der Waals surface area (Å²) in [4.78, 5) is 0. The van der Waals surface area contributed by atoms with Gasteiger partial charge in [-0.25, -0.2) is 0 Å². The second-order valence-electron chi connectivity index (χ2n) is 0.793. The maximum absolute atomic E-state index is 4.58. The van der Waals surface area contributed by atoms with Crippen LogP contribution in [-0.4, -0.2) is 5.48 Å². The molecule has 0 bridgehead atoms. The lowest BCUT2D eigenvalue weighted by molar-refractivity contribution is 0.567. The fourth-order valence-corrected chi connectivity index (χ4v) is 0.227. The van der Waals surface area contributed by atoms with Gasteiger partial charge in [0.1, 0.15) is 0 Å². The second kappa shape index (κ2) is 5.53. The average molecular weight is 123 g/mol. The second-order valence-corrected chi connectivity index (χ2v) is 0.793. The highest BCUT2D eigenvalue weighted by Gasteiger charge is 1.58. The van der Waals surface area contributed by atoms with E-state index >= 15 is 0 Å². The summed E-state index contributed by atoms with van der Waals surface area (Å²) in [5, 5.41) is 0. The molecule has 0 spiro atoms. The van der Waals surface area contributed by atoms with E-state index in [1.165, 1.54) is 0 Å². The predicted octanol–water partition coefficient (Wildman–Crippen LogP) is 0.877. The first-order valence-electron chi connectivity index (χ1n) is 1.47. The van der Waals surface area contributed by atoms with Gasteiger partial charge in [-0.15, -0.1) is 12.4 Å². The molecule has 7 heavy (non-hydrogen) atoms. The van der Waals surface area contributed by atoms with Crippen molar-refractivity contribution in [1.29, 1.82) is 0 Å². The quantitative estimate of drug-likeness (QED) is 0.504. The van der Waals surface area contributed by atoms with Crippen LogP contribution < -0.4 is 0 Å². The van der Waals surface area contributed by atoms with E-state index in [1.807, 2.05) is 12.1 Å². The zero-order valence-electron chi connectivity index (χ0n) is 3.63. The number of hydrogen-bond acceptors (Lipinski definition) is 1. The summed E-state index contributed by atoms with van der Waals surface area (Å²) in [6, 6.07) is 3.67. The van der Waals surface area contributed by atoms with Crippen LogP contribution in [0.2, 0.25) is 0 Å². The zero-order chi connectivity index (χ0) is 3.54. The molecule has 2 N–H and O–H groups in total. The van der Waals surface area contributed by atoms with Crippen molar-refractivity contribution in [2.45, 2.75) is 0 Å². The van der Waals surface area contributed by atoms with Gasteiger partial charge in [0.25, 0.3) is 0 Å². The fourth-order valence-electron chi connectivity index (χ4n) is 0.227. The molecule has 0 aliphatic carbocycles. The van der Waals surface area contributed by atoms with Gasteiger partial charge in [-0.3, -0.25) is 0 Å². The third-order valence-corrected chi connectivity index (χ3v) is 0.425. The molecule has 1 aromatic rings. The third kappa shape index (κ3) is 3.36. The molecule has 0 saturated carbocycles. The summed E-state index contributed by atoms with van der Waals surface area (Å²) >= 11 is 0. The molecule has 0 atom stereocenters. The van der Waals surface area contributed by atoms with Crippen LogP contribution in [0.25, 0.3) is 0 Å². The largest absolute Gasteiger partial charge is 0.473 e. The van der Waals surface area contributed by atoms with Gasteiger partial charge in [0.2, 0.25) is 0 Å². The smallest absolute Gasteiger partial charge is 0.0902 e. The van der Waals surface area contributed by atoms with Crippen LogP contribution in [0.1, 0.15) is 0 Å². The van der Waals surface area contributed by atoms with Crippen LogP contribution >= 0.6 is 12.4 Å². The maximum Gasteiger partial charge on any atom is 0.0902 e. The van der Waals surface area contributed by atoms with Crippen LogP contribution in [0.5, 0.6) is 0 Å². The van der Waals surface area contributed by atoms with Gasteiger partial charge in [-0.1, -0.05) is 0 Å². The number of furan rings is 1. The van der Waals surface area contributed by atoms with Crippen molar-refractivity contribution in [3.05, 3.63) is 24.7 Å². The summed E-state index contributed by atoms with van der Waals surface area (Å²) in [5.41, 5.74) is 0. The van der Waals surface area contributed by atoms with E-state index in [-0.39, 0.29) is 17.9 Å². The molecular weight excluding hydrogens is 115 g/mol. The van der Waals surface area contributed by atoms with Gasteiger partial charge in [0.15, 0.2) is 0 Å². The lowest BCUT2D eigenvalue weighted by atomic mass is 10.7. The molecule has 0 aliphatic rings. The molecule has 0 saturated heterocycles. The van der Waals surface area contributed by atoms with Crippen LogP contribution in [0.4, 0.5) is 0 Å². The van der Waals surface area contributed by atoms with Crippen molar-refractivity contribution < 1.29 is 9.89 Å². The fraction of sp³-hybridized carbons (Fsp3) is 0. The molecule has 1 rings (SSSR count). The van der Waals surface area contributed by atoms with E-state index in [2.05, 4.69) is 4.42 Å². The van der Waals surface area contributed by atoms with Crippen LogP contribution in [-0.2, 0) is 0 Å². The van der Waals surface area contributed by atoms with Gasteiger partial charge in [0.05, 0.1) is 12.5 Å². The summed E-state index contributed by atoms with van der Waals surface area (Å²) in [7, 11) is 0. The van der Waals surface area contributed by atoms with E-state index in [9.17, 15) is 0 Å². The highest BCUT2D eigenvalue weighted by molar-refractivity contribution is 5.85. The van der Waals surface area contributed by atoms with Crippen molar-refractivity contribution in [3.8, 4) is 0 Å². The molecule has 2 nitrogen and oxygen atoms in total. The van der Waals surface area contributed by atoms with Crippen molar-refractivity contribution >= 4 is 12.4 Å². The van der Waals surface area contributed by atoms with Crippen molar-refractivity contribution in [2.24, 2.45) is 0 Å². The Labute approximate surface area is 47.9 Å². The standard InChI is InChI=1S/C4H4O.ClH.H2O/c1-2-4-5-3-1;;/h1-4H;1H;1H2. The number of rotatable bonds is 0. The van der Waals surface area contributed by atoms with Gasteiger partial charge < -0.3 is 9.89 Å². The normalized spacial score (nSPS) is 5.71. The topological polar surface area (TPSA) is 44.6 Å². The minimum absolute atomic E-state index is 0. The van der Waals surface area contributed by atoms with E-state index in [4.69, 9.17) is 0 Å². The van der Waals surface area contributed by atoms with E-state index in [0.717, 1.165) is 0 Å². The maximum atomic E-state index is 4.58. The SMILES string of the molecule is Cl.O.c1ccoc1. The Kier molecular flexibility index (Phi) is 7.69. The molecule has 0 aromatic carbocycles. The predicted molar refractivity (Wildman–Crippen MR) is 29.6 cm³/mol. The van der Waals surface area contributed by atoms with E-state index in [0.29, 0.717) is 0 Å². The van der Waals surface area contributed by atoms with Crippen LogP contribution in [0, 0.1) is 0 Å². The molecule has 42 valence electrons. The highest BCUT2D eigenvalue weighted by atomic mass is 35.5. The lowest BCUT2D eigenvalue weighted by Gasteiger charge is -1.50. The molecule has 0 amide bonds. The number of hydrogen-bond donors (Lipinski definition) is 0. The van der Waals surface area contributed by atoms with Gasteiger partial charge >= 0.3 is 0 Å². The Hall–Kier alpha value is -0.470. The molecular formula is C4H7ClO2. The summed E-state index contributed by atoms with van der Waals surface area (Å²) in [6.45, 7) is 0. The Balaban J connectivity index is 0. The number of halogens is 1. The molecule has 1 aromatic heterocycles. The lowest BCUT2D eigenvalue weighted by Crippen LogP contribution is -1.16. The van der Waals surface area contributed by atoms with Crippen LogP contribution in [0.15, 0.2) is 29.1 Å². The first-order chi connectivity index (χ1) is 2.50. The highest BCUT2D eigenvalue weighted by Crippen LogP contribution is 1.79. The van der Waals surface area contributed by atoms with Crippen molar-refractivity contribution in [1.82, 2.24) is 0 Å². The minimum atomic E-state index is 0. The van der Waals surface area contributed by atoms with Crippen molar-refractivity contribution in [2.75, 3.05) is 0 Å². The molecule has 0 unspecified atom stereocenters. The summed E-state index contributed by atoms with van der Waals surface area (Å²) < 4.78 is 4.58. The Morgan fingerprint density at radius 2 is 1.43 bits per heavy atom. The monoisotopic (exact) mass is 122 g/mol. The molecule has 0 fully saturated rings. The first kappa shape index (κ1) is 9.73. The van der Waals surface area contributed by atoms with Crippen molar-refractivity contribution in [3.63, 3.8) is 0 Å². The summed E-state index contributed by atoms with van der Waals surface area (Å²) in [5.74, 6) is 0. The third-order valence-electron chi connectivity index (χ3n) is 0.425. The average Bonchev–Trinajstić information content (AvgIpc) is 1.76. The minimum Gasteiger partial charge on any atom is -0.473 e. The Bertz CT molecular complexity index is 66.2. The van der Waals surface area contributed by atoms with E-state index in [1.54, 1.807) is 12.5 Å².